The van der Waals surface area contributed by atoms with E-state index in [4.69, 9.17) is 4.74 Å². The van der Waals surface area contributed by atoms with Gasteiger partial charge < -0.3 is 9.72 Å². The molecular weight excluding hydrogens is 331 g/mol. The fraction of sp³-hybridized carbons (Fsp3) is 0.333. The molecule has 2 heterocycles. The minimum absolute atomic E-state index is 0.298. The van der Waals surface area contributed by atoms with Crippen LogP contribution in [-0.2, 0) is 12.6 Å². The lowest BCUT2D eigenvalue weighted by atomic mass is 10.2. The maximum absolute atomic E-state index is 12.8. The van der Waals surface area contributed by atoms with Gasteiger partial charge in [0.1, 0.15) is 11.6 Å². The summed E-state index contributed by atoms with van der Waals surface area (Å²) in [6.07, 6.45) is 1.33. The molecule has 0 aliphatic carbocycles. The molecule has 3 aromatic rings. The molecule has 7 heteroatoms. The predicted molar refractivity (Wildman–Crippen MR) is 88.5 cm³/mol. The second-order valence-electron chi connectivity index (χ2n) is 5.78. The Kier molecular flexibility index (Phi) is 4.92. The zero-order valence-electron chi connectivity index (χ0n) is 13.7. The first-order valence-electron chi connectivity index (χ1n) is 8.09. The second kappa shape index (κ2) is 7.13. The van der Waals surface area contributed by atoms with Crippen LogP contribution in [0.15, 0.2) is 36.7 Å². The van der Waals surface area contributed by atoms with Crippen LogP contribution in [0.1, 0.15) is 36.7 Å². The number of H-pyrrole nitrogens is 1. The van der Waals surface area contributed by atoms with Gasteiger partial charge in [-0.15, -0.1) is 0 Å². The predicted octanol–water partition coefficient (Wildman–Crippen LogP) is 4.75. The quantitative estimate of drug-likeness (QED) is 0.654. The minimum atomic E-state index is -4.38. The zero-order valence-corrected chi connectivity index (χ0v) is 13.7. The molecule has 0 radical (unpaired) electrons. The Labute approximate surface area is 143 Å². The lowest BCUT2D eigenvalue weighted by Crippen LogP contribution is -2.04. The van der Waals surface area contributed by atoms with Gasteiger partial charge in [0.15, 0.2) is 0 Å². The van der Waals surface area contributed by atoms with Gasteiger partial charge in [0.25, 0.3) is 0 Å². The molecule has 4 nitrogen and oxygen atoms in total. The number of aromatic amines is 1. The van der Waals surface area contributed by atoms with E-state index in [0.717, 1.165) is 30.5 Å². The van der Waals surface area contributed by atoms with Crippen LogP contribution < -0.4 is 4.74 Å². The Morgan fingerprint density at radius 1 is 1.20 bits per heavy atom. The van der Waals surface area contributed by atoms with Gasteiger partial charge in [-0.2, -0.15) is 13.2 Å². The molecule has 0 aliphatic heterocycles. The van der Waals surface area contributed by atoms with Crippen molar-refractivity contribution >= 4 is 11.0 Å². The standard InChI is InChI=1S/C18H18F3N3O/c1-2-3-8-25-16-11-22-7-6-12(16)9-17-23-14-5-4-13(18(19,20)21)10-15(14)24-17/h4-7,10-11H,2-3,8-9H2,1H3,(H,23,24). The molecule has 2 aromatic heterocycles. The third-order valence-corrected chi connectivity index (χ3v) is 3.84. The van der Waals surface area contributed by atoms with Crippen LogP contribution in [0.5, 0.6) is 5.75 Å². The van der Waals surface area contributed by atoms with Gasteiger partial charge in [0.2, 0.25) is 0 Å². The molecule has 0 saturated heterocycles. The number of ether oxygens (including phenoxy) is 1. The molecule has 0 aliphatic rings. The first-order chi connectivity index (χ1) is 12.0. The van der Waals surface area contributed by atoms with Crippen molar-refractivity contribution in [3.8, 4) is 5.75 Å². The van der Waals surface area contributed by atoms with E-state index in [1.165, 1.54) is 6.07 Å². The van der Waals surface area contributed by atoms with Crippen LogP contribution in [0.4, 0.5) is 13.2 Å². The van der Waals surface area contributed by atoms with Crippen molar-refractivity contribution in [1.82, 2.24) is 15.0 Å². The SMILES string of the molecule is CCCCOc1cnccc1Cc1nc2cc(C(F)(F)F)ccc2[nH]1. The first kappa shape index (κ1) is 17.3. The number of halogens is 3. The van der Waals surface area contributed by atoms with Crippen molar-refractivity contribution in [1.29, 1.82) is 0 Å². The van der Waals surface area contributed by atoms with E-state index >= 15 is 0 Å². The van der Waals surface area contributed by atoms with Crippen molar-refractivity contribution in [3.05, 3.63) is 53.6 Å². The highest BCUT2D eigenvalue weighted by Gasteiger charge is 2.30. The van der Waals surface area contributed by atoms with E-state index < -0.39 is 11.7 Å². The Hall–Kier alpha value is -2.57. The topological polar surface area (TPSA) is 50.8 Å². The molecule has 0 saturated carbocycles. The number of unbranched alkanes of at least 4 members (excludes halogenated alkanes) is 1. The molecule has 0 unspecified atom stereocenters. The van der Waals surface area contributed by atoms with Crippen LogP contribution >= 0.6 is 0 Å². The summed E-state index contributed by atoms with van der Waals surface area (Å²) in [5, 5.41) is 0. The maximum atomic E-state index is 12.8. The number of hydrogen-bond donors (Lipinski definition) is 1. The summed E-state index contributed by atoms with van der Waals surface area (Å²) < 4.78 is 44.2. The molecule has 25 heavy (non-hydrogen) atoms. The number of nitrogens with zero attached hydrogens (tertiary/aromatic N) is 2. The maximum Gasteiger partial charge on any atom is 0.416 e. The summed E-state index contributed by atoms with van der Waals surface area (Å²) in [5.74, 6) is 1.26. The van der Waals surface area contributed by atoms with Crippen molar-refractivity contribution < 1.29 is 17.9 Å². The van der Waals surface area contributed by atoms with Crippen molar-refractivity contribution in [3.63, 3.8) is 0 Å². The first-order valence-corrected chi connectivity index (χ1v) is 8.09. The normalized spacial score (nSPS) is 11.8. The number of benzene rings is 1. The van der Waals surface area contributed by atoms with Gasteiger partial charge in [0.05, 0.1) is 29.4 Å². The summed E-state index contributed by atoms with van der Waals surface area (Å²) in [5.41, 5.74) is 1.06. The highest BCUT2D eigenvalue weighted by atomic mass is 19.4. The third-order valence-electron chi connectivity index (χ3n) is 3.84. The number of nitrogens with one attached hydrogen (secondary N) is 1. The number of aromatic nitrogens is 3. The largest absolute Gasteiger partial charge is 0.492 e. The highest BCUT2D eigenvalue weighted by molar-refractivity contribution is 5.76. The van der Waals surface area contributed by atoms with Gasteiger partial charge in [-0.05, 0) is 30.7 Å². The van der Waals surface area contributed by atoms with E-state index in [9.17, 15) is 13.2 Å². The lowest BCUT2D eigenvalue weighted by Gasteiger charge is -2.09. The molecule has 132 valence electrons. The van der Waals surface area contributed by atoms with Crippen molar-refractivity contribution in [2.75, 3.05) is 6.61 Å². The number of fused-ring (bicyclic) bond motifs is 1. The average molecular weight is 349 g/mol. The summed E-state index contributed by atoms with van der Waals surface area (Å²) in [4.78, 5) is 11.4. The Morgan fingerprint density at radius 3 is 2.80 bits per heavy atom. The lowest BCUT2D eigenvalue weighted by molar-refractivity contribution is -0.137. The average Bonchev–Trinajstić information content (AvgIpc) is 2.97. The van der Waals surface area contributed by atoms with Crippen LogP contribution in [0.3, 0.4) is 0 Å². The van der Waals surface area contributed by atoms with E-state index in [-0.39, 0.29) is 0 Å². The summed E-state index contributed by atoms with van der Waals surface area (Å²) in [6, 6.07) is 5.34. The van der Waals surface area contributed by atoms with Crippen molar-refractivity contribution in [2.24, 2.45) is 0 Å². The van der Waals surface area contributed by atoms with E-state index in [1.54, 1.807) is 12.4 Å². The molecule has 0 atom stereocenters. The summed E-state index contributed by atoms with van der Waals surface area (Å²) in [6.45, 7) is 2.68. The van der Waals surface area contributed by atoms with Gasteiger partial charge in [0, 0.05) is 18.2 Å². The van der Waals surface area contributed by atoms with E-state index in [1.807, 2.05) is 6.07 Å². The molecular formula is C18H18F3N3O. The molecule has 0 fully saturated rings. The van der Waals surface area contributed by atoms with Gasteiger partial charge in [-0.1, -0.05) is 13.3 Å². The Balaban J connectivity index is 1.84. The molecule has 0 amide bonds. The minimum Gasteiger partial charge on any atom is -0.492 e. The number of rotatable bonds is 6. The summed E-state index contributed by atoms with van der Waals surface area (Å²) in [7, 11) is 0. The molecule has 1 N–H and O–H groups in total. The Bertz CT molecular complexity index is 858. The summed E-state index contributed by atoms with van der Waals surface area (Å²) >= 11 is 0. The number of imidazole rings is 1. The smallest absolute Gasteiger partial charge is 0.416 e. The van der Waals surface area contributed by atoms with E-state index in [0.29, 0.717) is 35.6 Å². The number of pyridine rings is 1. The van der Waals surface area contributed by atoms with Crippen LogP contribution in [0.25, 0.3) is 11.0 Å². The van der Waals surface area contributed by atoms with Gasteiger partial charge in [-0.25, -0.2) is 4.98 Å². The van der Waals surface area contributed by atoms with Crippen LogP contribution in [-0.4, -0.2) is 21.6 Å². The monoisotopic (exact) mass is 349 g/mol. The van der Waals surface area contributed by atoms with Crippen molar-refractivity contribution in [2.45, 2.75) is 32.4 Å². The number of alkyl halides is 3. The molecule has 0 bridgehead atoms. The fourth-order valence-electron chi connectivity index (χ4n) is 2.51. The second-order valence-corrected chi connectivity index (χ2v) is 5.78. The van der Waals surface area contributed by atoms with Crippen LogP contribution in [0, 0.1) is 0 Å². The number of hydrogen-bond acceptors (Lipinski definition) is 3. The van der Waals surface area contributed by atoms with E-state index in [2.05, 4.69) is 21.9 Å². The van der Waals surface area contributed by atoms with Gasteiger partial charge >= 0.3 is 6.18 Å². The fourth-order valence-corrected chi connectivity index (χ4v) is 2.51. The molecule has 1 aromatic carbocycles. The third kappa shape index (κ3) is 4.10. The van der Waals surface area contributed by atoms with Crippen LogP contribution in [0.2, 0.25) is 0 Å². The van der Waals surface area contributed by atoms with Gasteiger partial charge in [-0.3, -0.25) is 4.98 Å². The Morgan fingerprint density at radius 2 is 2.04 bits per heavy atom. The molecule has 0 spiro atoms. The highest BCUT2D eigenvalue weighted by Crippen LogP contribution is 2.31. The zero-order chi connectivity index (χ0) is 17.9. The molecule has 3 rings (SSSR count).